The van der Waals surface area contributed by atoms with E-state index in [-0.39, 0.29) is 31.9 Å². The number of fused-ring (bicyclic) bond motifs is 1. The van der Waals surface area contributed by atoms with Gasteiger partial charge in [-0.05, 0) is 42.0 Å². The third-order valence-corrected chi connectivity index (χ3v) is 7.04. The van der Waals surface area contributed by atoms with Crippen molar-refractivity contribution in [1.82, 2.24) is 0 Å². The number of aromatic hydroxyl groups is 1. The van der Waals surface area contributed by atoms with Gasteiger partial charge in [0.2, 0.25) is 0 Å². The smallest absolute Gasteiger partial charge is 0.261 e. The molecule has 0 saturated carbocycles. The number of benzene rings is 4. The van der Waals surface area contributed by atoms with Crippen molar-refractivity contribution in [3.05, 3.63) is 82.3 Å². The molecule has 0 atom stereocenters. The van der Waals surface area contributed by atoms with Crippen LogP contribution in [0.5, 0.6) is 5.75 Å². The fourth-order valence-corrected chi connectivity index (χ4v) is 5.02. The first-order chi connectivity index (χ1) is 14.7. The van der Waals surface area contributed by atoms with Crippen LogP contribution in [0.25, 0.3) is 21.9 Å². The summed E-state index contributed by atoms with van der Waals surface area (Å²) in [6, 6.07) is 18.7. The third kappa shape index (κ3) is 3.90. The van der Waals surface area contributed by atoms with Gasteiger partial charge >= 0.3 is 0 Å². The molecule has 0 fully saturated rings. The highest BCUT2D eigenvalue weighted by Crippen LogP contribution is 2.49. The molecular weight excluding hydrogens is 455 g/mol. The standard InChI is InChI=1S/C23H18Cl2N2O3S/c1-13-6-9-15(10-7-13)31(29,30)27-19-12-17(24)23(28)21(22(19)25)20-16-5-3-2-4-14(16)8-11-18(20)26/h2-12,27-28H,26H2,1H3. The molecule has 4 N–H and O–H groups in total. The Morgan fingerprint density at radius 1 is 0.935 bits per heavy atom. The zero-order valence-electron chi connectivity index (χ0n) is 16.4. The van der Waals surface area contributed by atoms with Crippen LogP contribution in [0, 0.1) is 6.92 Å². The first-order valence-electron chi connectivity index (χ1n) is 9.27. The maximum absolute atomic E-state index is 12.9. The van der Waals surface area contributed by atoms with Gasteiger partial charge in [0.15, 0.2) is 0 Å². The fraction of sp³-hybridized carbons (Fsp3) is 0.0435. The second-order valence-electron chi connectivity index (χ2n) is 7.11. The highest BCUT2D eigenvalue weighted by molar-refractivity contribution is 7.92. The van der Waals surface area contributed by atoms with Crippen LogP contribution in [-0.2, 0) is 10.0 Å². The van der Waals surface area contributed by atoms with Crippen molar-refractivity contribution < 1.29 is 13.5 Å². The van der Waals surface area contributed by atoms with E-state index in [1.165, 1.54) is 18.2 Å². The molecule has 0 aromatic heterocycles. The number of anilines is 2. The minimum Gasteiger partial charge on any atom is -0.506 e. The molecule has 5 nitrogen and oxygen atoms in total. The molecule has 158 valence electrons. The van der Waals surface area contributed by atoms with Gasteiger partial charge in [-0.3, -0.25) is 4.72 Å². The fourth-order valence-electron chi connectivity index (χ4n) is 3.41. The van der Waals surface area contributed by atoms with Gasteiger partial charge in [-0.15, -0.1) is 0 Å². The molecule has 4 aromatic carbocycles. The van der Waals surface area contributed by atoms with E-state index in [0.717, 1.165) is 16.3 Å². The molecule has 4 aromatic rings. The monoisotopic (exact) mass is 472 g/mol. The third-order valence-electron chi connectivity index (χ3n) is 4.98. The number of halogens is 2. The summed E-state index contributed by atoms with van der Waals surface area (Å²) < 4.78 is 28.2. The van der Waals surface area contributed by atoms with Gasteiger partial charge in [0.25, 0.3) is 10.0 Å². The summed E-state index contributed by atoms with van der Waals surface area (Å²) in [5, 5.41) is 12.3. The maximum Gasteiger partial charge on any atom is 0.261 e. The molecule has 0 saturated heterocycles. The van der Waals surface area contributed by atoms with Crippen molar-refractivity contribution in [3.63, 3.8) is 0 Å². The number of nitrogens with two attached hydrogens (primary N) is 1. The van der Waals surface area contributed by atoms with E-state index in [2.05, 4.69) is 4.72 Å². The summed E-state index contributed by atoms with van der Waals surface area (Å²) in [6.07, 6.45) is 0. The van der Waals surface area contributed by atoms with Gasteiger partial charge in [0.1, 0.15) is 5.75 Å². The predicted octanol–water partition coefficient (Wildman–Crippen LogP) is 6.21. The van der Waals surface area contributed by atoms with Crippen molar-refractivity contribution in [2.75, 3.05) is 10.5 Å². The minimum absolute atomic E-state index is 0.0133. The Morgan fingerprint density at radius 2 is 1.61 bits per heavy atom. The van der Waals surface area contributed by atoms with E-state index in [1.807, 2.05) is 37.3 Å². The quantitative estimate of drug-likeness (QED) is 0.243. The first kappa shape index (κ1) is 21.3. The Hall–Kier alpha value is -2.93. The van der Waals surface area contributed by atoms with Crippen LogP contribution in [0.4, 0.5) is 11.4 Å². The van der Waals surface area contributed by atoms with E-state index in [4.69, 9.17) is 28.9 Å². The lowest BCUT2D eigenvalue weighted by Crippen LogP contribution is -2.13. The summed E-state index contributed by atoms with van der Waals surface area (Å²) in [7, 11) is -3.94. The van der Waals surface area contributed by atoms with Gasteiger partial charge < -0.3 is 10.8 Å². The summed E-state index contributed by atoms with van der Waals surface area (Å²) in [6.45, 7) is 1.86. The van der Waals surface area contributed by atoms with Crippen molar-refractivity contribution in [2.24, 2.45) is 0 Å². The number of hydrogen-bond acceptors (Lipinski definition) is 4. The number of nitrogen functional groups attached to an aromatic ring is 1. The molecule has 0 aliphatic carbocycles. The molecule has 0 heterocycles. The predicted molar refractivity (Wildman–Crippen MR) is 127 cm³/mol. The molecule has 0 aliphatic rings. The van der Waals surface area contributed by atoms with Crippen LogP contribution in [0.15, 0.2) is 71.6 Å². The number of aryl methyl sites for hydroxylation is 1. The number of hydrogen-bond donors (Lipinski definition) is 3. The highest BCUT2D eigenvalue weighted by Gasteiger charge is 2.24. The Bertz CT molecular complexity index is 1420. The lowest BCUT2D eigenvalue weighted by Gasteiger charge is -2.18. The van der Waals surface area contributed by atoms with Crippen molar-refractivity contribution in [3.8, 4) is 16.9 Å². The molecule has 0 bridgehead atoms. The number of nitrogens with one attached hydrogen (secondary N) is 1. The normalized spacial score (nSPS) is 11.6. The number of phenolic OH excluding ortho intramolecular Hbond substituents is 1. The summed E-state index contributed by atoms with van der Waals surface area (Å²) in [4.78, 5) is 0.0737. The zero-order chi connectivity index (χ0) is 22.3. The Balaban J connectivity index is 1.92. The topological polar surface area (TPSA) is 92.4 Å². The van der Waals surface area contributed by atoms with Crippen molar-refractivity contribution >= 4 is 55.4 Å². The Kier molecular flexibility index (Phi) is 5.47. The summed E-state index contributed by atoms with van der Waals surface area (Å²) >= 11 is 12.9. The van der Waals surface area contributed by atoms with Crippen molar-refractivity contribution in [1.29, 1.82) is 0 Å². The van der Waals surface area contributed by atoms with Crippen LogP contribution in [0.2, 0.25) is 10.0 Å². The molecule has 0 amide bonds. The van der Waals surface area contributed by atoms with Crippen molar-refractivity contribution in [2.45, 2.75) is 11.8 Å². The summed E-state index contributed by atoms with van der Waals surface area (Å²) in [5.74, 6) is -0.284. The average molecular weight is 473 g/mol. The van der Waals surface area contributed by atoms with E-state index < -0.39 is 10.0 Å². The molecule has 0 spiro atoms. The van der Waals surface area contributed by atoms with Crippen LogP contribution in [0.1, 0.15) is 5.56 Å². The number of phenols is 1. The van der Waals surface area contributed by atoms with Crippen LogP contribution in [0.3, 0.4) is 0 Å². The number of rotatable bonds is 4. The second-order valence-corrected chi connectivity index (χ2v) is 9.58. The SMILES string of the molecule is Cc1ccc(S(=O)(=O)Nc2cc(Cl)c(O)c(-c3c(N)ccc4ccccc34)c2Cl)cc1. The number of sulfonamides is 1. The van der Waals surface area contributed by atoms with Gasteiger partial charge in [-0.2, -0.15) is 0 Å². The van der Waals surface area contributed by atoms with Crippen LogP contribution in [-0.4, -0.2) is 13.5 Å². The van der Waals surface area contributed by atoms with Gasteiger partial charge in [-0.1, -0.05) is 71.2 Å². The van der Waals surface area contributed by atoms with E-state index in [1.54, 1.807) is 18.2 Å². The molecule has 8 heteroatoms. The zero-order valence-corrected chi connectivity index (χ0v) is 18.7. The van der Waals surface area contributed by atoms with E-state index in [9.17, 15) is 13.5 Å². The second kappa shape index (κ2) is 7.96. The first-order valence-corrected chi connectivity index (χ1v) is 11.5. The molecule has 0 unspecified atom stereocenters. The van der Waals surface area contributed by atoms with Crippen LogP contribution < -0.4 is 10.5 Å². The maximum atomic E-state index is 12.9. The van der Waals surface area contributed by atoms with E-state index >= 15 is 0 Å². The average Bonchev–Trinajstić information content (AvgIpc) is 2.74. The molecule has 4 rings (SSSR count). The molecular formula is C23H18Cl2N2O3S. The van der Waals surface area contributed by atoms with Gasteiger partial charge in [0, 0.05) is 16.8 Å². The highest BCUT2D eigenvalue weighted by atomic mass is 35.5. The van der Waals surface area contributed by atoms with E-state index in [0.29, 0.717) is 11.3 Å². The molecule has 0 radical (unpaired) electrons. The molecule has 0 aliphatic heterocycles. The Labute approximate surface area is 190 Å². The summed E-state index contributed by atoms with van der Waals surface area (Å²) in [5.41, 5.74) is 8.20. The lowest BCUT2D eigenvalue weighted by molar-refractivity contribution is 0.478. The van der Waals surface area contributed by atoms with Crippen LogP contribution >= 0.6 is 23.2 Å². The lowest BCUT2D eigenvalue weighted by atomic mass is 9.95. The Morgan fingerprint density at radius 3 is 2.32 bits per heavy atom. The largest absolute Gasteiger partial charge is 0.506 e. The minimum atomic E-state index is -3.94. The van der Waals surface area contributed by atoms with Gasteiger partial charge in [0.05, 0.1) is 20.6 Å². The van der Waals surface area contributed by atoms with Gasteiger partial charge in [-0.25, -0.2) is 8.42 Å². The molecule has 31 heavy (non-hydrogen) atoms.